The summed E-state index contributed by atoms with van der Waals surface area (Å²) in [5.74, 6) is 0.812. The van der Waals surface area contributed by atoms with Crippen LogP contribution in [0.5, 0.6) is 11.5 Å². The third-order valence-electron chi connectivity index (χ3n) is 3.44. The lowest BCUT2D eigenvalue weighted by Gasteiger charge is -2.18. The highest BCUT2D eigenvalue weighted by Crippen LogP contribution is 2.16. The molecule has 0 aliphatic rings. The Morgan fingerprint density at radius 3 is 2.39 bits per heavy atom. The summed E-state index contributed by atoms with van der Waals surface area (Å²) in [5.41, 5.74) is 1.20. The zero-order valence-electron chi connectivity index (χ0n) is 13.1. The largest absolute Gasteiger partial charge is 0.508 e. The Morgan fingerprint density at radius 2 is 1.74 bits per heavy atom. The highest BCUT2D eigenvalue weighted by atomic mass is 35.5. The summed E-state index contributed by atoms with van der Waals surface area (Å²) >= 11 is 5.87. The van der Waals surface area contributed by atoms with Crippen molar-refractivity contribution in [1.82, 2.24) is 5.32 Å². The number of aliphatic hydroxyl groups excluding tert-OH is 1. The van der Waals surface area contributed by atoms with Crippen molar-refractivity contribution in [2.75, 3.05) is 13.2 Å². The maximum Gasteiger partial charge on any atom is 0.119 e. The van der Waals surface area contributed by atoms with E-state index in [0.717, 1.165) is 11.4 Å². The minimum atomic E-state index is -0.600. The second kappa shape index (κ2) is 8.77. The Hall–Kier alpha value is -1.75. The molecule has 2 aromatic rings. The number of halogens is 1. The molecular weight excluding hydrogens is 314 g/mol. The van der Waals surface area contributed by atoms with Gasteiger partial charge < -0.3 is 20.3 Å². The molecule has 0 saturated heterocycles. The van der Waals surface area contributed by atoms with Crippen LogP contribution in [0, 0.1) is 0 Å². The third kappa shape index (κ3) is 6.48. The SMILES string of the molecule is CC(Cc1ccc(Cl)cc1)NCC(O)COc1ccc(O)cc1. The fraction of sp³-hybridized carbons (Fsp3) is 0.333. The van der Waals surface area contributed by atoms with Gasteiger partial charge in [0.1, 0.15) is 24.2 Å². The van der Waals surface area contributed by atoms with Crippen LogP contribution in [0.1, 0.15) is 12.5 Å². The Labute approximate surface area is 141 Å². The van der Waals surface area contributed by atoms with Gasteiger partial charge in [0.2, 0.25) is 0 Å². The van der Waals surface area contributed by atoms with Crippen LogP contribution in [0.2, 0.25) is 5.02 Å². The molecule has 5 heteroatoms. The quantitative estimate of drug-likeness (QED) is 0.694. The number of phenols is 1. The lowest BCUT2D eigenvalue weighted by atomic mass is 10.1. The molecule has 2 unspecified atom stereocenters. The fourth-order valence-corrected chi connectivity index (χ4v) is 2.30. The minimum Gasteiger partial charge on any atom is -0.508 e. The van der Waals surface area contributed by atoms with Crippen molar-refractivity contribution in [1.29, 1.82) is 0 Å². The van der Waals surface area contributed by atoms with Crippen LogP contribution in [-0.4, -0.2) is 35.5 Å². The number of aromatic hydroxyl groups is 1. The number of benzene rings is 2. The van der Waals surface area contributed by atoms with Crippen molar-refractivity contribution < 1.29 is 14.9 Å². The Kier molecular flexibility index (Phi) is 6.71. The van der Waals surface area contributed by atoms with Gasteiger partial charge in [0, 0.05) is 17.6 Å². The molecule has 3 N–H and O–H groups in total. The van der Waals surface area contributed by atoms with Gasteiger partial charge in [0.25, 0.3) is 0 Å². The van der Waals surface area contributed by atoms with Crippen LogP contribution in [-0.2, 0) is 6.42 Å². The summed E-state index contributed by atoms with van der Waals surface area (Å²) in [4.78, 5) is 0. The van der Waals surface area contributed by atoms with E-state index in [4.69, 9.17) is 16.3 Å². The van der Waals surface area contributed by atoms with Crippen molar-refractivity contribution >= 4 is 11.6 Å². The van der Waals surface area contributed by atoms with Crippen molar-refractivity contribution in [2.45, 2.75) is 25.5 Å². The average Bonchev–Trinajstić information content (AvgIpc) is 2.54. The molecule has 0 saturated carbocycles. The van der Waals surface area contributed by atoms with Crippen LogP contribution >= 0.6 is 11.6 Å². The second-order valence-corrected chi connectivity index (χ2v) is 6.04. The molecule has 0 aliphatic heterocycles. The van der Waals surface area contributed by atoms with E-state index in [1.165, 1.54) is 5.56 Å². The lowest BCUT2D eigenvalue weighted by molar-refractivity contribution is 0.104. The topological polar surface area (TPSA) is 61.7 Å². The van der Waals surface area contributed by atoms with Gasteiger partial charge in [0.15, 0.2) is 0 Å². The second-order valence-electron chi connectivity index (χ2n) is 5.60. The molecule has 0 heterocycles. The van der Waals surface area contributed by atoms with E-state index in [2.05, 4.69) is 12.2 Å². The number of nitrogens with one attached hydrogen (secondary N) is 1. The summed E-state index contributed by atoms with van der Waals surface area (Å²) < 4.78 is 5.47. The first-order chi connectivity index (χ1) is 11.0. The molecule has 0 spiro atoms. The molecule has 4 nitrogen and oxygen atoms in total. The van der Waals surface area contributed by atoms with Crippen LogP contribution in [0.25, 0.3) is 0 Å². The lowest BCUT2D eigenvalue weighted by Crippen LogP contribution is -2.37. The first-order valence-electron chi connectivity index (χ1n) is 7.60. The molecule has 2 atom stereocenters. The van der Waals surface area contributed by atoms with E-state index < -0.39 is 6.10 Å². The van der Waals surface area contributed by atoms with Gasteiger partial charge in [0.05, 0.1) is 0 Å². The number of rotatable bonds is 8. The van der Waals surface area contributed by atoms with E-state index in [-0.39, 0.29) is 18.4 Å². The standard InChI is InChI=1S/C18H22ClNO3/c1-13(10-14-2-4-15(19)5-3-14)20-11-17(22)12-23-18-8-6-16(21)7-9-18/h2-9,13,17,20-22H,10-12H2,1H3. The molecule has 2 aromatic carbocycles. The summed E-state index contributed by atoms with van der Waals surface area (Å²) in [5, 5.41) is 23.2. The van der Waals surface area contributed by atoms with E-state index >= 15 is 0 Å². The molecule has 23 heavy (non-hydrogen) atoms. The first kappa shape index (κ1) is 17.6. The van der Waals surface area contributed by atoms with Crippen molar-refractivity contribution in [3.63, 3.8) is 0 Å². The van der Waals surface area contributed by atoms with E-state index in [9.17, 15) is 10.2 Å². The van der Waals surface area contributed by atoms with Crippen LogP contribution in [0.3, 0.4) is 0 Å². The molecule has 2 rings (SSSR count). The minimum absolute atomic E-state index is 0.190. The molecular formula is C18H22ClNO3. The molecule has 0 aromatic heterocycles. The van der Waals surface area contributed by atoms with Gasteiger partial charge in [-0.1, -0.05) is 23.7 Å². The van der Waals surface area contributed by atoms with Crippen LogP contribution in [0.15, 0.2) is 48.5 Å². The van der Waals surface area contributed by atoms with Gasteiger partial charge >= 0.3 is 0 Å². The molecule has 0 amide bonds. The van der Waals surface area contributed by atoms with Gasteiger partial charge in [-0.05, 0) is 55.3 Å². The maximum atomic E-state index is 9.96. The van der Waals surface area contributed by atoms with E-state index in [0.29, 0.717) is 12.3 Å². The Balaban J connectivity index is 1.67. The van der Waals surface area contributed by atoms with E-state index in [1.54, 1.807) is 24.3 Å². The zero-order chi connectivity index (χ0) is 16.7. The van der Waals surface area contributed by atoms with Gasteiger partial charge in [-0.2, -0.15) is 0 Å². The predicted octanol–water partition coefficient (Wildman–Crippen LogP) is 3.01. The zero-order valence-corrected chi connectivity index (χ0v) is 13.8. The predicted molar refractivity (Wildman–Crippen MR) is 92.2 cm³/mol. The number of aliphatic hydroxyl groups is 1. The Morgan fingerprint density at radius 1 is 1.09 bits per heavy atom. The van der Waals surface area contributed by atoms with Crippen molar-refractivity contribution in [3.05, 3.63) is 59.1 Å². The van der Waals surface area contributed by atoms with Gasteiger partial charge in [-0.3, -0.25) is 0 Å². The summed E-state index contributed by atoms with van der Waals surface area (Å²) in [7, 11) is 0. The average molecular weight is 336 g/mol. The fourth-order valence-electron chi connectivity index (χ4n) is 2.18. The Bertz CT molecular complexity index is 586. The molecule has 0 bridgehead atoms. The van der Waals surface area contributed by atoms with Crippen LogP contribution < -0.4 is 10.1 Å². The number of ether oxygens (including phenoxy) is 1. The smallest absolute Gasteiger partial charge is 0.119 e. The highest BCUT2D eigenvalue weighted by Gasteiger charge is 2.09. The third-order valence-corrected chi connectivity index (χ3v) is 3.69. The molecule has 0 radical (unpaired) electrons. The van der Waals surface area contributed by atoms with Crippen LogP contribution in [0.4, 0.5) is 0 Å². The summed E-state index contributed by atoms with van der Waals surface area (Å²) in [6.07, 6.45) is 0.263. The maximum absolute atomic E-state index is 9.96. The van der Waals surface area contributed by atoms with Crippen molar-refractivity contribution in [3.8, 4) is 11.5 Å². The molecule has 0 fully saturated rings. The highest BCUT2D eigenvalue weighted by molar-refractivity contribution is 6.30. The normalized spacial score (nSPS) is 13.5. The summed E-state index contributed by atoms with van der Waals surface area (Å²) in [6.45, 7) is 2.72. The number of hydrogen-bond donors (Lipinski definition) is 3. The first-order valence-corrected chi connectivity index (χ1v) is 7.98. The summed E-state index contributed by atoms with van der Waals surface area (Å²) in [6, 6.07) is 14.4. The van der Waals surface area contributed by atoms with Gasteiger partial charge in [-0.15, -0.1) is 0 Å². The molecule has 0 aliphatic carbocycles. The van der Waals surface area contributed by atoms with Gasteiger partial charge in [-0.25, -0.2) is 0 Å². The van der Waals surface area contributed by atoms with E-state index in [1.807, 2.05) is 24.3 Å². The monoisotopic (exact) mass is 335 g/mol. The number of phenolic OH excluding ortho intramolecular Hbond substituents is 1. The number of hydrogen-bond acceptors (Lipinski definition) is 4. The van der Waals surface area contributed by atoms with Crippen molar-refractivity contribution in [2.24, 2.45) is 0 Å². The molecule has 124 valence electrons.